The number of rotatable bonds is 4. The summed E-state index contributed by atoms with van der Waals surface area (Å²) < 4.78 is 27.9. The minimum Gasteiger partial charge on any atom is -0.326 e. The van der Waals surface area contributed by atoms with Gasteiger partial charge in [-0.3, -0.25) is 9.52 Å². The van der Waals surface area contributed by atoms with E-state index in [4.69, 9.17) is 0 Å². The molecule has 0 radical (unpaired) electrons. The van der Waals surface area contributed by atoms with Gasteiger partial charge in [0.25, 0.3) is 10.0 Å². The Labute approximate surface area is 137 Å². The van der Waals surface area contributed by atoms with Crippen LogP contribution in [0.5, 0.6) is 0 Å². The van der Waals surface area contributed by atoms with Crippen molar-refractivity contribution in [3.63, 3.8) is 0 Å². The second-order valence-electron chi connectivity index (χ2n) is 4.32. The van der Waals surface area contributed by atoms with E-state index in [-0.39, 0.29) is 10.8 Å². The molecule has 0 aliphatic carbocycles. The summed E-state index contributed by atoms with van der Waals surface area (Å²) in [5.41, 5.74) is 1.06. The Morgan fingerprint density at radius 2 is 1.71 bits per heavy atom. The van der Waals surface area contributed by atoms with Gasteiger partial charge in [0.05, 0.1) is 4.90 Å². The third kappa shape index (κ3) is 4.43. The van der Waals surface area contributed by atoms with Crippen LogP contribution in [0.4, 0.5) is 11.4 Å². The molecule has 2 aromatic rings. The lowest BCUT2D eigenvalue weighted by molar-refractivity contribution is -0.114. The predicted molar refractivity (Wildman–Crippen MR) is 90.7 cm³/mol. The van der Waals surface area contributed by atoms with Crippen molar-refractivity contribution in [1.29, 1.82) is 0 Å². The molecule has 0 heterocycles. The summed E-state index contributed by atoms with van der Waals surface area (Å²) in [6.07, 6.45) is 0. The monoisotopic (exact) mass is 416 g/mol. The van der Waals surface area contributed by atoms with E-state index >= 15 is 0 Å². The highest BCUT2D eigenvalue weighted by Gasteiger charge is 2.14. The summed E-state index contributed by atoms with van der Waals surface area (Å²) in [6.45, 7) is 1.39. The van der Waals surface area contributed by atoms with Crippen molar-refractivity contribution in [3.8, 4) is 0 Å². The van der Waals surface area contributed by atoms with Gasteiger partial charge in [-0.1, -0.05) is 6.07 Å². The normalized spacial score (nSPS) is 11.0. The highest BCUT2D eigenvalue weighted by Crippen LogP contribution is 2.19. The number of carbonyl (C=O) groups excluding carboxylic acids is 1. The first kappa shape index (κ1) is 15.8. The van der Waals surface area contributed by atoms with Gasteiger partial charge in [0.1, 0.15) is 0 Å². The van der Waals surface area contributed by atoms with Gasteiger partial charge < -0.3 is 5.32 Å². The quantitative estimate of drug-likeness (QED) is 0.753. The Hall–Kier alpha value is -1.61. The SMILES string of the molecule is CC(=O)Nc1ccc(S(=O)(=O)Nc2cccc(I)c2)cc1. The molecule has 2 N–H and O–H groups in total. The van der Waals surface area contributed by atoms with E-state index in [2.05, 4.69) is 32.6 Å². The molecule has 110 valence electrons. The zero-order chi connectivity index (χ0) is 15.5. The van der Waals surface area contributed by atoms with Crippen LogP contribution in [0.25, 0.3) is 0 Å². The molecule has 0 fully saturated rings. The maximum absolute atomic E-state index is 12.2. The molecule has 0 aliphatic rings. The van der Waals surface area contributed by atoms with Gasteiger partial charge in [0.2, 0.25) is 5.91 Å². The van der Waals surface area contributed by atoms with E-state index in [1.807, 2.05) is 6.07 Å². The van der Waals surface area contributed by atoms with Crippen LogP contribution in [0.3, 0.4) is 0 Å². The Morgan fingerprint density at radius 3 is 2.29 bits per heavy atom. The fourth-order valence-corrected chi connectivity index (χ4v) is 3.28. The molecule has 1 amide bonds. The number of amides is 1. The number of hydrogen-bond donors (Lipinski definition) is 2. The number of halogens is 1. The number of anilines is 2. The average molecular weight is 416 g/mol. The molecule has 0 saturated heterocycles. The Morgan fingerprint density at radius 1 is 1.05 bits per heavy atom. The largest absolute Gasteiger partial charge is 0.326 e. The van der Waals surface area contributed by atoms with Gasteiger partial charge in [-0.05, 0) is 65.1 Å². The fourth-order valence-electron chi connectivity index (χ4n) is 1.69. The zero-order valence-electron chi connectivity index (χ0n) is 11.1. The summed E-state index contributed by atoms with van der Waals surface area (Å²) in [6, 6.07) is 13.1. The summed E-state index contributed by atoms with van der Waals surface area (Å²) in [5.74, 6) is -0.206. The van der Waals surface area contributed by atoms with Crippen LogP contribution >= 0.6 is 22.6 Å². The topological polar surface area (TPSA) is 75.3 Å². The maximum Gasteiger partial charge on any atom is 0.261 e. The fraction of sp³-hybridized carbons (Fsp3) is 0.0714. The first-order valence-corrected chi connectivity index (χ1v) is 8.59. The van der Waals surface area contributed by atoms with Crippen molar-refractivity contribution in [2.45, 2.75) is 11.8 Å². The van der Waals surface area contributed by atoms with Gasteiger partial charge >= 0.3 is 0 Å². The Bertz CT molecular complexity index is 758. The molecule has 0 aliphatic heterocycles. The van der Waals surface area contributed by atoms with Crippen LogP contribution in [-0.4, -0.2) is 14.3 Å². The Balaban J connectivity index is 2.21. The molecule has 2 aromatic carbocycles. The molecule has 2 rings (SSSR count). The number of sulfonamides is 1. The molecule has 0 aromatic heterocycles. The molecule has 0 saturated carbocycles. The van der Waals surface area contributed by atoms with Gasteiger partial charge in [-0.25, -0.2) is 8.42 Å². The number of carbonyl (C=O) groups is 1. The van der Waals surface area contributed by atoms with Crippen LogP contribution in [0.15, 0.2) is 53.4 Å². The summed E-state index contributed by atoms with van der Waals surface area (Å²) in [5, 5.41) is 2.59. The minimum atomic E-state index is -3.64. The molecule has 21 heavy (non-hydrogen) atoms. The van der Waals surface area contributed by atoms with Gasteiger partial charge in [-0.15, -0.1) is 0 Å². The zero-order valence-corrected chi connectivity index (χ0v) is 14.1. The van der Waals surface area contributed by atoms with E-state index in [9.17, 15) is 13.2 Å². The molecule has 0 unspecified atom stereocenters. The number of hydrogen-bond acceptors (Lipinski definition) is 3. The van der Waals surface area contributed by atoms with E-state index < -0.39 is 10.0 Å². The molecule has 0 atom stereocenters. The maximum atomic E-state index is 12.2. The lowest BCUT2D eigenvalue weighted by atomic mass is 10.3. The van der Waals surface area contributed by atoms with Crippen molar-refractivity contribution >= 4 is 49.9 Å². The van der Waals surface area contributed by atoms with Crippen molar-refractivity contribution in [2.24, 2.45) is 0 Å². The van der Waals surface area contributed by atoms with Crippen LogP contribution in [0, 0.1) is 3.57 Å². The van der Waals surface area contributed by atoms with E-state index in [1.54, 1.807) is 30.3 Å². The van der Waals surface area contributed by atoms with Crippen LogP contribution in [0.1, 0.15) is 6.92 Å². The van der Waals surface area contributed by atoms with E-state index in [0.717, 1.165) is 3.57 Å². The number of benzene rings is 2. The van der Waals surface area contributed by atoms with E-state index in [0.29, 0.717) is 11.4 Å². The predicted octanol–water partition coefficient (Wildman–Crippen LogP) is 3.05. The summed E-state index contributed by atoms with van der Waals surface area (Å²) in [4.78, 5) is 11.1. The molecular weight excluding hydrogens is 403 g/mol. The average Bonchev–Trinajstić information content (AvgIpc) is 2.38. The van der Waals surface area contributed by atoms with Crippen LogP contribution in [0.2, 0.25) is 0 Å². The van der Waals surface area contributed by atoms with Gasteiger partial charge in [0, 0.05) is 21.9 Å². The van der Waals surface area contributed by atoms with E-state index in [1.165, 1.54) is 19.1 Å². The minimum absolute atomic E-state index is 0.135. The first-order chi connectivity index (χ1) is 9.87. The van der Waals surface area contributed by atoms with Crippen LogP contribution < -0.4 is 10.0 Å². The highest BCUT2D eigenvalue weighted by atomic mass is 127. The Kier molecular flexibility index (Phi) is 4.84. The van der Waals surface area contributed by atoms with Gasteiger partial charge in [0.15, 0.2) is 0 Å². The highest BCUT2D eigenvalue weighted by molar-refractivity contribution is 14.1. The molecule has 0 bridgehead atoms. The molecule has 7 heteroatoms. The molecule has 0 spiro atoms. The smallest absolute Gasteiger partial charge is 0.261 e. The lowest BCUT2D eigenvalue weighted by Crippen LogP contribution is -2.13. The van der Waals surface area contributed by atoms with Crippen molar-refractivity contribution in [1.82, 2.24) is 0 Å². The first-order valence-electron chi connectivity index (χ1n) is 6.03. The standard InChI is InChI=1S/C14H13IN2O3S/c1-10(18)16-12-5-7-14(8-6-12)21(19,20)17-13-4-2-3-11(15)9-13/h2-9,17H,1H3,(H,16,18). The van der Waals surface area contributed by atoms with Crippen LogP contribution in [-0.2, 0) is 14.8 Å². The molecular formula is C14H13IN2O3S. The van der Waals surface area contributed by atoms with Gasteiger partial charge in [-0.2, -0.15) is 0 Å². The second kappa shape index (κ2) is 6.44. The third-order valence-electron chi connectivity index (χ3n) is 2.56. The summed E-state index contributed by atoms with van der Waals surface area (Å²) in [7, 11) is -3.64. The summed E-state index contributed by atoms with van der Waals surface area (Å²) >= 11 is 2.11. The number of nitrogens with one attached hydrogen (secondary N) is 2. The van der Waals surface area contributed by atoms with Crippen molar-refractivity contribution < 1.29 is 13.2 Å². The van der Waals surface area contributed by atoms with Crippen molar-refractivity contribution in [2.75, 3.05) is 10.0 Å². The lowest BCUT2D eigenvalue weighted by Gasteiger charge is -2.09. The molecule has 5 nitrogen and oxygen atoms in total. The second-order valence-corrected chi connectivity index (χ2v) is 7.25. The van der Waals surface area contributed by atoms with Crippen molar-refractivity contribution in [3.05, 3.63) is 52.1 Å². The third-order valence-corrected chi connectivity index (χ3v) is 4.63.